The molecule has 6 heteroatoms. The van der Waals surface area contributed by atoms with Gasteiger partial charge >= 0.3 is 0 Å². The van der Waals surface area contributed by atoms with Crippen LogP contribution < -0.4 is 19.7 Å². The van der Waals surface area contributed by atoms with Gasteiger partial charge in [-0.1, -0.05) is 12.1 Å². The Kier molecular flexibility index (Phi) is 5.76. The molecule has 27 heavy (non-hydrogen) atoms. The van der Waals surface area contributed by atoms with E-state index in [0.29, 0.717) is 23.6 Å². The van der Waals surface area contributed by atoms with Crippen molar-refractivity contribution in [3.8, 4) is 11.5 Å². The number of anilines is 2. The summed E-state index contributed by atoms with van der Waals surface area (Å²) in [7, 11) is 3.11. The minimum atomic E-state index is -0.260. The molecule has 0 unspecified atom stereocenters. The molecule has 6 nitrogen and oxygen atoms in total. The molecule has 1 aliphatic heterocycles. The van der Waals surface area contributed by atoms with E-state index in [4.69, 9.17) is 9.47 Å². The van der Waals surface area contributed by atoms with Gasteiger partial charge in [0.25, 0.3) is 0 Å². The van der Waals surface area contributed by atoms with Crippen molar-refractivity contribution in [1.82, 2.24) is 0 Å². The lowest BCUT2D eigenvalue weighted by Gasteiger charge is -2.15. The van der Waals surface area contributed by atoms with Gasteiger partial charge in [-0.2, -0.15) is 0 Å². The van der Waals surface area contributed by atoms with E-state index in [0.717, 1.165) is 24.2 Å². The third-order valence-corrected chi connectivity index (χ3v) is 4.32. The zero-order chi connectivity index (χ0) is 19.2. The van der Waals surface area contributed by atoms with E-state index in [1.165, 1.54) is 6.08 Å². The van der Waals surface area contributed by atoms with E-state index < -0.39 is 0 Å². The number of carbonyl (C=O) groups is 2. The number of benzene rings is 2. The fraction of sp³-hybridized carbons (Fsp3) is 0.238. The molecule has 2 aromatic rings. The average Bonchev–Trinajstić information content (AvgIpc) is 3.12. The minimum absolute atomic E-state index is 0.159. The second-order valence-electron chi connectivity index (χ2n) is 6.16. The molecule has 0 aliphatic carbocycles. The maximum atomic E-state index is 12.2. The molecular formula is C21H22N2O4. The molecule has 1 fully saturated rings. The Morgan fingerprint density at radius 2 is 1.74 bits per heavy atom. The number of rotatable bonds is 6. The van der Waals surface area contributed by atoms with Gasteiger partial charge in [-0.15, -0.1) is 0 Å². The van der Waals surface area contributed by atoms with Gasteiger partial charge in [0.05, 0.1) is 14.2 Å². The van der Waals surface area contributed by atoms with Gasteiger partial charge in [0.2, 0.25) is 11.8 Å². The lowest BCUT2D eigenvalue weighted by Crippen LogP contribution is -2.23. The molecule has 0 radical (unpaired) electrons. The Labute approximate surface area is 158 Å². The van der Waals surface area contributed by atoms with Crippen molar-refractivity contribution >= 4 is 29.3 Å². The summed E-state index contributed by atoms with van der Waals surface area (Å²) >= 11 is 0. The first-order chi connectivity index (χ1) is 13.1. The van der Waals surface area contributed by atoms with Crippen LogP contribution in [0.15, 0.2) is 48.5 Å². The quantitative estimate of drug-likeness (QED) is 0.795. The molecule has 3 rings (SSSR count). The number of methoxy groups -OCH3 is 2. The number of hydrogen-bond acceptors (Lipinski definition) is 4. The van der Waals surface area contributed by atoms with E-state index in [9.17, 15) is 9.59 Å². The number of nitrogens with zero attached hydrogens (tertiary/aromatic N) is 1. The van der Waals surface area contributed by atoms with Crippen molar-refractivity contribution in [2.45, 2.75) is 12.8 Å². The van der Waals surface area contributed by atoms with Crippen LogP contribution in [0.5, 0.6) is 11.5 Å². The van der Waals surface area contributed by atoms with Gasteiger partial charge in [-0.05, 0) is 30.2 Å². The van der Waals surface area contributed by atoms with Crippen LogP contribution in [0.25, 0.3) is 6.08 Å². The van der Waals surface area contributed by atoms with Gasteiger partial charge < -0.3 is 19.7 Å². The number of carbonyl (C=O) groups excluding carboxylic acids is 2. The van der Waals surface area contributed by atoms with Crippen LogP contribution >= 0.6 is 0 Å². The largest absolute Gasteiger partial charge is 0.497 e. The van der Waals surface area contributed by atoms with Gasteiger partial charge in [0.1, 0.15) is 11.5 Å². The zero-order valence-corrected chi connectivity index (χ0v) is 15.4. The van der Waals surface area contributed by atoms with E-state index in [1.807, 2.05) is 24.3 Å². The highest BCUT2D eigenvalue weighted by Gasteiger charge is 2.21. The Balaban J connectivity index is 1.64. The van der Waals surface area contributed by atoms with Crippen molar-refractivity contribution in [3.05, 3.63) is 54.1 Å². The molecule has 0 bridgehead atoms. The summed E-state index contributed by atoms with van der Waals surface area (Å²) in [4.78, 5) is 25.7. The Morgan fingerprint density at radius 1 is 1.07 bits per heavy atom. The molecule has 0 spiro atoms. The summed E-state index contributed by atoms with van der Waals surface area (Å²) in [5.41, 5.74) is 2.36. The van der Waals surface area contributed by atoms with Crippen LogP contribution in [0, 0.1) is 0 Å². The van der Waals surface area contributed by atoms with Gasteiger partial charge in [0, 0.05) is 48.6 Å². The normalized spacial score (nSPS) is 13.9. The lowest BCUT2D eigenvalue weighted by molar-refractivity contribution is -0.117. The van der Waals surface area contributed by atoms with E-state index in [-0.39, 0.29) is 11.8 Å². The molecule has 2 amide bonds. The van der Waals surface area contributed by atoms with Gasteiger partial charge in [0.15, 0.2) is 0 Å². The predicted octanol–water partition coefficient (Wildman–Crippen LogP) is 3.48. The van der Waals surface area contributed by atoms with Crippen molar-refractivity contribution in [1.29, 1.82) is 0 Å². The molecule has 1 saturated heterocycles. The highest BCUT2D eigenvalue weighted by molar-refractivity contribution is 6.02. The zero-order valence-electron chi connectivity index (χ0n) is 15.4. The number of nitrogens with one attached hydrogen (secondary N) is 1. The standard InChI is InChI=1S/C21H22N2O4/c1-26-18-12-16(13-19(14-18)27-2)22-20(24)10-7-15-5-8-17(9-6-15)23-11-3-4-21(23)25/h5-10,12-14H,3-4,11H2,1-2H3,(H,22,24). The van der Waals surface area contributed by atoms with Crippen LogP contribution in [-0.2, 0) is 9.59 Å². The van der Waals surface area contributed by atoms with Crippen molar-refractivity contribution in [2.75, 3.05) is 31.0 Å². The summed E-state index contributed by atoms with van der Waals surface area (Å²) in [6.07, 6.45) is 4.69. The third-order valence-electron chi connectivity index (χ3n) is 4.32. The first-order valence-electron chi connectivity index (χ1n) is 8.71. The highest BCUT2D eigenvalue weighted by Crippen LogP contribution is 2.26. The Morgan fingerprint density at radius 3 is 2.30 bits per heavy atom. The first-order valence-corrected chi connectivity index (χ1v) is 8.71. The molecule has 1 N–H and O–H groups in total. The predicted molar refractivity (Wildman–Crippen MR) is 105 cm³/mol. The highest BCUT2D eigenvalue weighted by atomic mass is 16.5. The minimum Gasteiger partial charge on any atom is -0.497 e. The Bertz CT molecular complexity index is 837. The van der Waals surface area contributed by atoms with Gasteiger partial charge in [-0.25, -0.2) is 0 Å². The average molecular weight is 366 g/mol. The summed E-state index contributed by atoms with van der Waals surface area (Å²) in [6, 6.07) is 12.7. The smallest absolute Gasteiger partial charge is 0.248 e. The molecule has 1 aliphatic rings. The molecule has 1 heterocycles. The fourth-order valence-corrected chi connectivity index (χ4v) is 2.92. The molecular weight excluding hydrogens is 344 g/mol. The van der Waals surface area contributed by atoms with Crippen LogP contribution in [0.2, 0.25) is 0 Å². The maximum absolute atomic E-state index is 12.2. The Hall–Kier alpha value is -3.28. The van der Waals surface area contributed by atoms with Crippen LogP contribution in [0.4, 0.5) is 11.4 Å². The van der Waals surface area contributed by atoms with Crippen molar-refractivity contribution in [2.24, 2.45) is 0 Å². The molecule has 2 aromatic carbocycles. The molecule has 0 atom stereocenters. The maximum Gasteiger partial charge on any atom is 0.248 e. The van der Waals surface area contributed by atoms with E-state index in [2.05, 4.69) is 5.32 Å². The van der Waals surface area contributed by atoms with Crippen LogP contribution in [0.3, 0.4) is 0 Å². The fourth-order valence-electron chi connectivity index (χ4n) is 2.92. The summed E-state index contributed by atoms with van der Waals surface area (Å²) < 4.78 is 10.4. The summed E-state index contributed by atoms with van der Waals surface area (Å²) in [5, 5.41) is 2.78. The topological polar surface area (TPSA) is 67.9 Å². The second-order valence-corrected chi connectivity index (χ2v) is 6.16. The van der Waals surface area contributed by atoms with Crippen molar-refractivity contribution in [3.63, 3.8) is 0 Å². The third kappa shape index (κ3) is 4.67. The van der Waals surface area contributed by atoms with E-state index in [1.54, 1.807) is 43.4 Å². The number of ether oxygens (including phenoxy) is 2. The van der Waals surface area contributed by atoms with E-state index >= 15 is 0 Å². The first kappa shape index (κ1) is 18.5. The second kappa shape index (κ2) is 8.40. The monoisotopic (exact) mass is 366 g/mol. The van der Waals surface area contributed by atoms with Crippen LogP contribution in [0.1, 0.15) is 18.4 Å². The molecule has 140 valence electrons. The number of hydrogen-bond donors (Lipinski definition) is 1. The lowest BCUT2D eigenvalue weighted by atomic mass is 10.2. The molecule has 0 saturated carbocycles. The summed E-state index contributed by atoms with van der Waals surface area (Å²) in [5.74, 6) is 1.09. The van der Waals surface area contributed by atoms with Crippen molar-refractivity contribution < 1.29 is 19.1 Å². The number of amides is 2. The summed E-state index contributed by atoms with van der Waals surface area (Å²) in [6.45, 7) is 0.764. The van der Waals surface area contributed by atoms with Crippen LogP contribution in [-0.4, -0.2) is 32.6 Å². The SMILES string of the molecule is COc1cc(NC(=O)C=Cc2ccc(N3CCCC3=O)cc2)cc(OC)c1. The molecule has 0 aromatic heterocycles. The van der Waals surface area contributed by atoms with Gasteiger partial charge in [-0.3, -0.25) is 9.59 Å².